The molecule has 0 amide bonds. The van der Waals surface area contributed by atoms with Crippen LogP contribution in [0.3, 0.4) is 0 Å². The van der Waals surface area contributed by atoms with Crippen LogP contribution >= 0.6 is 0 Å². The molecule has 1 aromatic rings. The number of carbonyl (C=O) groups is 1. The van der Waals surface area contributed by atoms with Crippen molar-refractivity contribution in [2.75, 3.05) is 27.3 Å². The van der Waals surface area contributed by atoms with Gasteiger partial charge in [-0.2, -0.15) is 0 Å². The van der Waals surface area contributed by atoms with Crippen LogP contribution in [-0.4, -0.2) is 51.1 Å². The number of carboxylic acid groups (broad SMARTS) is 1. The van der Waals surface area contributed by atoms with E-state index >= 15 is 0 Å². The van der Waals surface area contributed by atoms with E-state index in [1.165, 1.54) is 28.0 Å². The number of rotatable bonds is 7. The molecule has 114 valence electrons. The first-order valence-corrected chi connectivity index (χ1v) is 7.46. The van der Waals surface area contributed by atoms with Crippen LogP contribution in [-0.2, 0) is 14.8 Å². The largest absolute Gasteiger partial charge is 0.478 e. The summed E-state index contributed by atoms with van der Waals surface area (Å²) in [4.78, 5) is 10.9. The summed E-state index contributed by atoms with van der Waals surface area (Å²) in [6.07, 6.45) is 0.518. The molecule has 7 nitrogen and oxygen atoms in total. The van der Waals surface area contributed by atoms with Gasteiger partial charge in [0.1, 0.15) is 22.0 Å². The van der Waals surface area contributed by atoms with Crippen LogP contribution in [0.25, 0.3) is 0 Å². The lowest BCUT2D eigenvalue weighted by molar-refractivity contribution is 0.0691. The molecule has 8 heteroatoms. The number of aromatic carboxylic acids is 1. The Morgan fingerprint density at radius 1 is 1.35 bits per heavy atom. The van der Waals surface area contributed by atoms with Crippen LogP contribution in [0.2, 0.25) is 0 Å². The summed E-state index contributed by atoms with van der Waals surface area (Å²) in [6, 6.07) is 0. The van der Waals surface area contributed by atoms with E-state index in [0.29, 0.717) is 13.0 Å². The first-order valence-electron chi connectivity index (χ1n) is 6.02. The summed E-state index contributed by atoms with van der Waals surface area (Å²) in [6.45, 7) is 3.53. The van der Waals surface area contributed by atoms with E-state index in [1.54, 1.807) is 0 Å². The first kappa shape index (κ1) is 16.7. The van der Waals surface area contributed by atoms with Crippen molar-refractivity contribution in [3.8, 4) is 0 Å². The van der Waals surface area contributed by atoms with Gasteiger partial charge in [-0.3, -0.25) is 0 Å². The minimum absolute atomic E-state index is 0.0819. The Morgan fingerprint density at radius 2 is 1.95 bits per heavy atom. The van der Waals surface area contributed by atoms with Crippen LogP contribution < -0.4 is 0 Å². The molecule has 0 aromatic carbocycles. The zero-order valence-electron chi connectivity index (χ0n) is 12.0. The molecule has 0 aliphatic rings. The van der Waals surface area contributed by atoms with Gasteiger partial charge in [-0.25, -0.2) is 17.5 Å². The Kier molecular flexibility index (Phi) is 5.32. The molecule has 20 heavy (non-hydrogen) atoms. The van der Waals surface area contributed by atoms with Gasteiger partial charge >= 0.3 is 5.97 Å². The minimum atomic E-state index is -3.90. The number of aryl methyl sites for hydroxylation is 2. The SMILES string of the molecule is COCCCN(C)S(=O)(=O)c1c(C)oc(C)c1C(=O)O. The maximum absolute atomic E-state index is 12.4. The second-order valence-electron chi connectivity index (χ2n) is 4.40. The number of ether oxygens (including phenoxy) is 1. The zero-order valence-corrected chi connectivity index (χ0v) is 12.8. The van der Waals surface area contributed by atoms with E-state index in [2.05, 4.69) is 0 Å². The van der Waals surface area contributed by atoms with E-state index in [0.717, 1.165) is 4.31 Å². The molecule has 0 radical (unpaired) electrons. The van der Waals surface area contributed by atoms with Gasteiger partial charge in [0.2, 0.25) is 10.0 Å². The van der Waals surface area contributed by atoms with Gasteiger partial charge in [0.25, 0.3) is 0 Å². The van der Waals surface area contributed by atoms with E-state index in [1.807, 2.05) is 0 Å². The maximum atomic E-state index is 12.4. The van der Waals surface area contributed by atoms with Gasteiger partial charge in [0.05, 0.1) is 0 Å². The highest BCUT2D eigenvalue weighted by molar-refractivity contribution is 7.89. The predicted molar refractivity (Wildman–Crippen MR) is 71.5 cm³/mol. The molecule has 0 unspecified atom stereocenters. The monoisotopic (exact) mass is 305 g/mol. The third kappa shape index (κ3) is 3.20. The summed E-state index contributed by atoms with van der Waals surface area (Å²) in [7, 11) is -0.972. The standard InChI is InChI=1S/C12H19NO6S/c1-8-10(12(14)15)11(9(2)19-8)20(16,17)13(3)6-5-7-18-4/h5-7H2,1-4H3,(H,14,15). The second kappa shape index (κ2) is 6.38. The molecule has 0 spiro atoms. The zero-order chi connectivity index (χ0) is 15.5. The van der Waals surface area contributed by atoms with Crippen LogP contribution in [0.5, 0.6) is 0 Å². The summed E-state index contributed by atoms with van der Waals surface area (Å²) >= 11 is 0. The normalized spacial score (nSPS) is 12.1. The summed E-state index contributed by atoms with van der Waals surface area (Å²) in [5.41, 5.74) is -0.305. The lowest BCUT2D eigenvalue weighted by Crippen LogP contribution is -2.30. The van der Waals surface area contributed by atoms with Crippen LogP contribution in [0.4, 0.5) is 0 Å². The van der Waals surface area contributed by atoms with Crippen molar-refractivity contribution in [3.63, 3.8) is 0 Å². The molecule has 0 bridgehead atoms. The fourth-order valence-electron chi connectivity index (χ4n) is 1.93. The Labute approximate surface area is 118 Å². The molecular formula is C12H19NO6S. The Hall–Kier alpha value is -1.38. The minimum Gasteiger partial charge on any atom is -0.478 e. The molecule has 0 fully saturated rings. The van der Waals surface area contributed by atoms with Crippen LogP contribution in [0.1, 0.15) is 28.3 Å². The quantitative estimate of drug-likeness (QED) is 0.761. The topological polar surface area (TPSA) is 97.0 Å². The molecule has 1 N–H and O–H groups in total. The molecular weight excluding hydrogens is 286 g/mol. The van der Waals surface area contributed by atoms with Crippen molar-refractivity contribution in [2.24, 2.45) is 0 Å². The number of methoxy groups -OCH3 is 1. The van der Waals surface area contributed by atoms with Crippen molar-refractivity contribution in [2.45, 2.75) is 25.2 Å². The number of carboxylic acids is 1. The van der Waals surface area contributed by atoms with Crippen molar-refractivity contribution >= 4 is 16.0 Å². The molecule has 0 saturated heterocycles. The summed E-state index contributed by atoms with van der Waals surface area (Å²) in [5, 5.41) is 9.16. The van der Waals surface area contributed by atoms with E-state index < -0.39 is 16.0 Å². The molecule has 1 rings (SSSR count). The molecule has 0 saturated carbocycles. The number of furan rings is 1. The third-order valence-corrected chi connectivity index (χ3v) is 4.92. The highest BCUT2D eigenvalue weighted by Gasteiger charge is 2.33. The van der Waals surface area contributed by atoms with E-state index in [9.17, 15) is 13.2 Å². The summed E-state index contributed by atoms with van der Waals surface area (Å²) in [5.74, 6) is -1.15. The number of nitrogens with zero attached hydrogens (tertiary/aromatic N) is 1. The highest BCUT2D eigenvalue weighted by atomic mass is 32.2. The van der Waals surface area contributed by atoms with E-state index in [-0.39, 0.29) is 28.5 Å². The Bertz CT molecular complexity index is 589. The molecule has 0 aliphatic carbocycles. The molecule has 1 aromatic heterocycles. The van der Waals surface area contributed by atoms with Gasteiger partial charge in [-0.05, 0) is 20.3 Å². The summed E-state index contributed by atoms with van der Waals surface area (Å²) < 4.78 is 36.0. The van der Waals surface area contributed by atoms with Crippen molar-refractivity contribution < 1.29 is 27.5 Å². The number of hydrogen-bond donors (Lipinski definition) is 1. The Balaban J connectivity index is 3.19. The van der Waals surface area contributed by atoms with Gasteiger partial charge in [-0.15, -0.1) is 0 Å². The second-order valence-corrected chi connectivity index (χ2v) is 6.38. The molecule has 1 heterocycles. The van der Waals surface area contributed by atoms with E-state index in [4.69, 9.17) is 14.3 Å². The fourth-order valence-corrected chi connectivity index (χ4v) is 3.50. The average molecular weight is 305 g/mol. The predicted octanol–water partition coefficient (Wildman–Crippen LogP) is 1.25. The van der Waals surface area contributed by atoms with Gasteiger partial charge in [0, 0.05) is 27.3 Å². The Morgan fingerprint density at radius 3 is 2.45 bits per heavy atom. The number of hydrogen-bond acceptors (Lipinski definition) is 5. The lowest BCUT2D eigenvalue weighted by atomic mass is 10.2. The van der Waals surface area contributed by atoms with Crippen molar-refractivity contribution in [1.82, 2.24) is 4.31 Å². The molecule has 0 aliphatic heterocycles. The molecule has 0 atom stereocenters. The smallest absolute Gasteiger partial charge is 0.340 e. The van der Waals surface area contributed by atoms with Crippen molar-refractivity contribution in [1.29, 1.82) is 0 Å². The third-order valence-electron chi connectivity index (χ3n) is 2.91. The first-order chi connectivity index (χ1) is 9.23. The maximum Gasteiger partial charge on any atom is 0.340 e. The number of sulfonamides is 1. The average Bonchev–Trinajstić information content (AvgIpc) is 2.64. The lowest BCUT2D eigenvalue weighted by Gasteiger charge is -2.16. The fraction of sp³-hybridized carbons (Fsp3) is 0.583. The van der Waals surface area contributed by atoms with Gasteiger partial charge in [0.15, 0.2) is 0 Å². The van der Waals surface area contributed by atoms with Gasteiger partial charge < -0.3 is 14.3 Å². The van der Waals surface area contributed by atoms with Crippen LogP contribution in [0.15, 0.2) is 9.31 Å². The highest BCUT2D eigenvalue weighted by Crippen LogP contribution is 2.28. The van der Waals surface area contributed by atoms with Crippen LogP contribution in [0, 0.1) is 13.8 Å². The van der Waals surface area contributed by atoms with Crippen molar-refractivity contribution in [3.05, 3.63) is 17.1 Å². The van der Waals surface area contributed by atoms with Gasteiger partial charge in [-0.1, -0.05) is 0 Å².